The fourth-order valence-corrected chi connectivity index (χ4v) is 2.44. The van der Waals surface area contributed by atoms with Crippen LogP contribution in [0.4, 0.5) is 19.3 Å². The van der Waals surface area contributed by atoms with Crippen molar-refractivity contribution in [3.8, 4) is 5.75 Å². The summed E-state index contributed by atoms with van der Waals surface area (Å²) in [5, 5.41) is 2.19. The molecule has 19 heavy (non-hydrogen) atoms. The van der Waals surface area contributed by atoms with Gasteiger partial charge in [0.1, 0.15) is 5.69 Å². The Hall–Kier alpha value is -1.54. The SMILES string of the molecule is CON1C(=O)SCCN1c1ccccc1OC(F)F. The van der Waals surface area contributed by atoms with Crippen LogP contribution < -0.4 is 9.75 Å². The number of hydrogen-bond acceptors (Lipinski definition) is 5. The normalized spacial score (nSPS) is 16.1. The highest BCUT2D eigenvalue weighted by Crippen LogP contribution is 2.33. The van der Waals surface area contributed by atoms with Crippen molar-refractivity contribution < 1.29 is 23.1 Å². The molecule has 1 heterocycles. The molecule has 5 nitrogen and oxygen atoms in total. The molecular formula is C11H12F2N2O3S. The molecule has 1 aliphatic rings. The number of hydroxylamine groups is 1. The molecule has 0 atom stereocenters. The van der Waals surface area contributed by atoms with E-state index >= 15 is 0 Å². The number of carbonyl (C=O) groups is 1. The lowest BCUT2D eigenvalue weighted by Crippen LogP contribution is -2.49. The summed E-state index contributed by atoms with van der Waals surface area (Å²) >= 11 is 1.10. The van der Waals surface area contributed by atoms with E-state index in [4.69, 9.17) is 4.84 Å². The maximum Gasteiger partial charge on any atom is 0.387 e. The first-order chi connectivity index (χ1) is 9.13. The van der Waals surface area contributed by atoms with Crippen LogP contribution in [0.1, 0.15) is 0 Å². The van der Waals surface area contributed by atoms with Gasteiger partial charge in [0.25, 0.3) is 0 Å². The largest absolute Gasteiger partial charge is 0.433 e. The van der Waals surface area contributed by atoms with Gasteiger partial charge in [0.2, 0.25) is 0 Å². The third kappa shape index (κ3) is 3.07. The number of nitrogens with zero attached hydrogens (tertiary/aromatic N) is 2. The first kappa shape index (κ1) is 13.9. The Morgan fingerprint density at radius 2 is 2.11 bits per heavy atom. The van der Waals surface area contributed by atoms with Gasteiger partial charge in [0, 0.05) is 5.75 Å². The number of carbonyl (C=O) groups excluding carboxylic acids is 1. The zero-order valence-electron chi connectivity index (χ0n) is 10.1. The van der Waals surface area contributed by atoms with Gasteiger partial charge in [0.05, 0.1) is 13.7 Å². The van der Waals surface area contributed by atoms with Crippen molar-refractivity contribution in [2.75, 3.05) is 24.4 Å². The summed E-state index contributed by atoms with van der Waals surface area (Å²) in [6.07, 6.45) is 0. The van der Waals surface area contributed by atoms with Crippen molar-refractivity contribution >= 4 is 22.7 Å². The molecule has 0 saturated carbocycles. The zero-order chi connectivity index (χ0) is 13.8. The molecule has 0 aromatic heterocycles. The molecule has 2 rings (SSSR count). The Bertz CT molecular complexity index is 461. The molecule has 1 aromatic rings. The molecule has 1 fully saturated rings. The quantitative estimate of drug-likeness (QED) is 0.853. The topological polar surface area (TPSA) is 42.0 Å². The number of benzene rings is 1. The molecule has 0 N–H and O–H groups in total. The van der Waals surface area contributed by atoms with Crippen LogP contribution in [-0.2, 0) is 4.84 Å². The second kappa shape index (κ2) is 6.07. The van der Waals surface area contributed by atoms with Crippen LogP contribution >= 0.6 is 11.8 Å². The molecule has 0 bridgehead atoms. The van der Waals surface area contributed by atoms with Gasteiger partial charge >= 0.3 is 11.9 Å². The minimum absolute atomic E-state index is 0.000694. The van der Waals surface area contributed by atoms with Crippen LogP contribution in [0.15, 0.2) is 24.3 Å². The third-order valence-electron chi connectivity index (χ3n) is 2.44. The number of para-hydroxylation sites is 2. The highest BCUT2D eigenvalue weighted by Gasteiger charge is 2.29. The van der Waals surface area contributed by atoms with E-state index in [0.717, 1.165) is 16.9 Å². The van der Waals surface area contributed by atoms with Gasteiger partial charge in [-0.05, 0) is 12.1 Å². The van der Waals surface area contributed by atoms with Crippen molar-refractivity contribution in [3.63, 3.8) is 0 Å². The molecule has 8 heteroatoms. The fourth-order valence-electron chi connectivity index (χ4n) is 1.72. The Morgan fingerprint density at radius 1 is 1.37 bits per heavy atom. The summed E-state index contributed by atoms with van der Waals surface area (Å²) in [7, 11) is 1.34. The molecule has 0 spiro atoms. The lowest BCUT2D eigenvalue weighted by atomic mass is 10.3. The summed E-state index contributed by atoms with van der Waals surface area (Å²) in [4.78, 5) is 16.7. The van der Waals surface area contributed by atoms with E-state index in [2.05, 4.69) is 4.74 Å². The number of ether oxygens (including phenoxy) is 1. The van der Waals surface area contributed by atoms with Crippen molar-refractivity contribution in [1.82, 2.24) is 5.17 Å². The number of halogens is 2. The predicted octanol–water partition coefficient (Wildman–Crippen LogP) is 2.74. The van der Waals surface area contributed by atoms with E-state index in [1.54, 1.807) is 18.2 Å². The minimum atomic E-state index is -2.92. The van der Waals surface area contributed by atoms with Crippen LogP contribution in [0.2, 0.25) is 0 Å². The Kier molecular flexibility index (Phi) is 4.43. The summed E-state index contributed by atoms with van der Waals surface area (Å²) < 4.78 is 29.2. The van der Waals surface area contributed by atoms with Crippen molar-refractivity contribution in [1.29, 1.82) is 0 Å². The van der Waals surface area contributed by atoms with E-state index < -0.39 is 6.61 Å². The first-order valence-corrected chi connectivity index (χ1v) is 6.44. The Labute approximate surface area is 113 Å². The van der Waals surface area contributed by atoms with Gasteiger partial charge in [-0.2, -0.15) is 8.78 Å². The third-order valence-corrected chi connectivity index (χ3v) is 3.23. The van der Waals surface area contributed by atoms with Gasteiger partial charge in [-0.3, -0.25) is 14.6 Å². The van der Waals surface area contributed by atoms with Crippen molar-refractivity contribution in [2.24, 2.45) is 0 Å². The molecule has 0 unspecified atom stereocenters. The van der Waals surface area contributed by atoms with Crippen LogP contribution in [-0.4, -0.2) is 36.4 Å². The average Bonchev–Trinajstić information content (AvgIpc) is 2.38. The summed E-state index contributed by atoms with van der Waals surface area (Å²) in [6.45, 7) is -2.47. The second-order valence-electron chi connectivity index (χ2n) is 3.54. The molecule has 1 aromatic carbocycles. The van der Waals surface area contributed by atoms with Gasteiger partial charge < -0.3 is 4.74 Å². The molecular weight excluding hydrogens is 278 g/mol. The van der Waals surface area contributed by atoms with Crippen LogP contribution in [0.5, 0.6) is 5.75 Å². The molecule has 0 radical (unpaired) electrons. The highest BCUT2D eigenvalue weighted by atomic mass is 32.2. The predicted molar refractivity (Wildman–Crippen MR) is 67.1 cm³/mol. The lowest BCUT2D eigenvalue weighted by molar-refractivity contribution is -0.0885. The standard InChI is InChI=1S/C11H12F2N2O3S/c1-17-15-11(16)19-7-6-14(15)8-4-2-3-5-9(8)18-10(12)13/h2-5,10H,6-7H2,1H3. The lowest BCUT2D eigenvalue weighted by Gasteiger charge is -2.37. The van der Waals surface area contributed by atoms with Crippen LogP contribution in [0.3, 0.4) is 0 Å². The molecule has 104 valence electrons. The Morgan fingerprint density at radius 3 is 2.79 bits per heavy atom. The van der Waals surface area contributed by atoms with E-state index in [0.29, 0.717) is 18.0 Å². The number of anilines is 1. The van der Waals surface area contributed by atoms with Crippen LogP contribution in [0, 0.1) is 0 Å². The highest BCUT2D eigenvalue weighted by molar-refractivity contribution is 8.13. The molecule has 1 amide bonds. The van der Waals surface area contributed by atoms with Gasteiger partial charge in [-0.15, -0.1) is 5.17 Å². The first-order valence-electron chi connectivity index (χ1n) is 5.45. The smallest absolute Gasteiger partial charge is 0.387 e. The maximum atomic E-state index is 12.4. The van der Waals surface area contributed by atoms with Crippen LogP contribution in [0.25, 0.3) is 0 Å². The summed E-state index contributed by atoms with van der Waals surface area (Å²) in [6, 6.07) is 6.27. The zero-order valence-corrected chi connectivity index (χ0v) is 10.9. The Balaban J connectivity index is 2.31. The van der Waals surface area contributed by atoms with Crippen molar-refractivity contribution in [3.05, 3.63) is 24.3 Å². The van der Waals surface area contributed by atoms with E-state index in [9.17, 15) is 13.6 Å². The number of thioether (sulfide) groups is 1. The fraction of sp³-hybridized carbons (Fsp3) is 0.364. The van der Waals surface area contributed by atoms with Crippen molar-refractivity contribution in [2.45, 2.75) is 6.61 Å². The van der Waals surface area contributed by atoms with E-state index in [1.807, 2.05) is 0 Å². The number of amides is 1. The number of hydrazine groups is 1. The van der Waals surface area contributed by atoms with E-state index in [1.165, 1.54) is 18.2 Å². The summed E-state index contributed by atoms with van der Waals surface area (Å²) in [5.74, 6) is 0.543. The number of rotatable bonds is 4. The molecule has 0 aliphatic carbocycles. The molecule has 1 aliphatic heterocycles. The number of alkyl halides is 2. The van der Waals surface area contributed by atoms with E-state index in [-0.39, 0.29) is 11.0 Å². The average molecular weight is 290 g/mol. The van der Waals surface area contributed by atoms with Gasteiger partial charge in [-0.25, -0.2) is 0 Å². The molecule has 1 saturated heterocycles. The minimum Gasteiger partial charge on any atom is -0.433 e. The van der Waals surface area contributed by atoms with Gasteiger partial charge in [0.15, 0.2) is 5.75 Å². The second-order valence-corrected chi connectivity index (χ2v) is 4.59. The number of hydrogen-bond donors (Lipinski definition) is 0. The maximum absolute atomic E-state index is 12.4. The van der Waals surface area contributed by atoms with Gasteiger partial charge in [-0.1, -0.05) is 23.9 Å². The monoisotopic (exact) mass is 290 g/mol. The summed E-state index contributed by atoms with van der Waals surface area (Å²) in [5.41, 5.74) is 0.360.